The fraction of sp³-hybridized carbons (Fsp3) is 0.611. The molecule has 1 saturated carbocycles. The van der Waals surface area contributed by atoms with E-state index in [-0.39, 0.29) is 5.91 Å². The number of hydrogen-bond donors (Lipinski definition) is 1. The molecular weight excluding hydrogens is 373 g/mol. The maximum atomic E-state index is 12.2. The molecule has 1 aliphatic carbocycles. The quantitative estimate of drug-likeness (QED) is 0.709. The lowest BCUT2D eigenvalue weighted by Gasteiger charge is -2.39. The highest BCUT2D eigenvalue weighted by atomic mass is 127. The van der Waals surface area contributed by atoms with E-state index >= 15 is 0 Å². The predicted octanol–water partition coefficient (Wildman–Crippen LogP) is 5.02. The van der Waals surface area contributed by atoms with Gasteiger partial charge in [-0.3, -0.25) is 4.79 Å². The molecule has 1 aromatic carbocycles. The molecule has 1 fully saturated rings. The van der Waals surface area contributed by atoms with Crippen LogP contribution in [0.3, 0.4) is 0 Å². The number of amides is 1. The maximum absolute atomic E-state index is 12.2. The first-order chi connectivity index (χ1) is 9.92. The van der Waals surface area contributed by atoms with Crippen LogP contribution in [-0.2, 0) is 0 Å². The molecule has 0 aliphatic heterocycles. The zero-order valence-electron chi connectivity index (χ0n) is 13.3. The van der Waals surface area contributed by atoms with Gasteiger partial charge < -0.3 is 5.32 Å². The number of carbonyl (C=O) groups is 1. The van der Waals surface area contributed by atoms with Gasteiger partial charge in [0, 0.05) is 15.2 Å². The first kappa shape index (κ1) is 16.8. The molecule has 0 radical (unpaired) electrons. The minimum atomic E-state index is 0.0737. The Bertz CT molecular complexity index is 472. The highest BCUT2D eigenvalue weighted by Crippen LogP contribution is 2.40. The van der Waals surface area contributed by atoms with E-state index in [1.54, 1.807) is 0 Å². The van der Waals surface area contributed by atoms with Crippen molar-refractivity contribution in [3.8, 4) is 0 Å². The van der Waals surface area contributed by atoms with Crippen LogP contribution in [0.15, 0.2) is 24.3 Å². The van der Waals surface area contributed by atoms with Gasteiger partial charge in [0.1, 0.15) is 0 Å². The lowest BCUT2D eigenvalue weighted by Crippen LogP contribution is -2.39. The number of rotatable bonds is 4. The van der Waals surface area contributed by atoms with Gasteiger partial charge in [0.05, 0.1) is 0 Å². The van der Waals surface area contributed by atoms with Gasteiger partial charge in [-0.15, -0.1) is 0 Å². The van der Waals surface area contributed by atoms with Crippen molar-refractivity contribution in [2.24, 2.45) is 11.3 Å². The molecule has 0 aromatic heterocycles. The van der Waals surface area contributed by atoms with Crippen LogP contribution >= 0.6 is 22.6 Å². The van der Waals surface area contributed by atoms with Crippen LogP contribution in [0.1, 0.15) is 63.2 Å². The van der Waals surface area contributed by atoms with E-state index in [9.17, 15) is 4.79 Å². The van der Waals surface area contributed by atoms with E-state index in [2.05, 4.69) is 48.7 Å². The lowest BCUT2D eigenvalue weighted by molar-refractivity contribution is 0.0893. The maximum Gasteiger partial charge on any atom is 0.251 e. The van der Waals surface area contributed by atoms with Crippen molar-refractivity contribution in [1.82, 2.24) is 5.32 Å². The molecule has 1 amide bonds. The molecule has 3 heteroatoms. The molecule has 2 nitrogen and oxygen atoms in total. The Balaban J connectivity index is 1.86. The first-order valence-corrected chi connectivity index (χ1v) is 9.06. The summed E-state index contributed by atoms with van der Waals surface area (Å²) in [6.07, 6.45) is 5.93. The van der Waals surface area contributed by atoms with E-state index in [4.69, 9.17) is 0 Å². The van der Waals surface area contributed by atoms with E-state index in [0.717, 1.165) is 27.9 Å². The summed E-state index contributed by atoms with van der Waals surface area (Å²) in [4.78, 5) is 12.2. The number of halogens is 1. The second-order valence-electron chi connectivity index (χ2n) is 6.87. The summed E-state index contributed by atoms with van der Waals surface area (Å²) in [6.45, 7) is 7.04. The molecule has 21 heavy (non-hydrogen) atoms. The molecule has 0 atom stereocenters. The van der Waals surface area contributed by atoms with Crippen LogP contribution in [0, 0.1) is 14.9 Å². The van der Waals surface area contributed by atoms with Gasteiger partial charge in [-0.05, 0) is 83.9 Å². The van der Waals surface area contributed by atoms with Crippen LogP contribution in [0.4, 0.5) is 0 Å². The highest BCUT2D eigenvalue weighted by molar-refractivity contribution is 14.1. The van der Waals surface area contributed by atoms with E-state index in [1.807, 2.05) is 24.3 Å². The molecular formula is C18H26INO. The van der Waals surface area contributed by atoms with Crippen LogP contribution < -0.4 is 5.32 Å². The standard InChI is InChI=1S/C18H26INO/c1-4-18(2,3)14-7-11-16(12-8-14)20-17(21)13-5-9-15(19)10-6-13/h5-6,9-10,14,16H,4,7-8,11-12H2,1-3H3,(H,20,21). The summed E-state index contributed by atoms with van der Waals surface area (Å²) in [6, 6.07) is 8.12. The third-order valence-corrected chi connectivity index (χ3v) is 5.90. The molecule has 2 rings (SSSR count). The summed E-state index contributed by atoms with van der Waals surface area (Å²) < 4.78 is 1.16. The number of nitrogens with one attached hydrogen (secondary N) is 1. The van der Waals surface area contributed by atoms with Gasteiger partial charge in [0.2, 0.25) is 0 Å². The van der Waals surface area contributed by atoms with Gasteiger partial charge in [0.25, 0.3) is 5.91 Å². The van der Waals surface area contributed by atoms with E-state index in [1.165, 1.54) is 19.3 Å². The summed E-state index contributed by atoms with van der Waals surface area (Å²) in [5, 5.41) is 3.20. The third-order valence-electron chi connectivity index (χ3n) is 5.19. The average Bonchev–Trinajstić information content (AvgIpc) is 2.48. The Kier molecular flexibility index (Phi) is 5.69. The van der Waals surface area contributed by atoms with Crippen LogP contribution in [-0.4, -0.2) is 11.9 Å². The third kappa shape index (κ3) is 4.44. The Hall–Kier alpha value is -0.580. The van der Waals surface area contributed by atoms with Crippen molar-refractivity contribution < 1.29 is 4.79 Å². The molecule has 0 saturated heterocycles. The first-order valence-electron chi connectivity index (χ1n) is 7.99. The van der Waals surface area contributed by atoms with Crippen LogP contribution in [0.5, 0.6) is 0 Å². The van der Waals surface area contributed by atoms with Crippen molar-refractivity contribution in [3.63, 3.8) is 0 Å². The van der Waals surface area contributed by atoms with Gasteiger partial charge in [-0.1, -0.05) is 27.2 Å². The van der Waals surface area contributed by atoms with Crippen LogP contribution in [0.2, 0.25) is 0 Å². The Morgan fingerprint density at radius 1 is 1.19 bits per heavy atom. The molecule has 0 heterocycles. The normalized spacial score (nSPS) is 22.9. The summed E-state index contributed by atoms with van der Waals surface area (Å²) in [5.74, 6) is 0.874. The van der Waals surface area contributed by atoms with Gasteiger partial charge in [0.15, 0.2) is 0 Å². The van der Waals surface area contributed by atoms with Crippen molar-refractivity contribution >= 4 is 28.5 Å². The van der Waals surface area contributed by atoms with Crippen molar-refractivity contribution in [2.45, 2.75) is 58.9 Å². The van der Waals surface area contributed by atoms with Crippen LogP contribution in [0.25, 0.3) is 0 Å². The van der Waals surface area contributed by atoms with E-state index in [0.29, 0.717) is 11.5 Å². The van der Waals surface area contributed by atoms with Crippen molar-refractivity contribution in [1.29, 1.82) is 0 Å². The van der Waals surface area contributed by atoms with Gasteiger partial charge >= 0.3 is 0 Å². The van der Waals surface area contributed by atoms with Gasteiger partial charge in [-0.25, -0.2) is 0 Å². The number of benzene rings is 1. The van der Waals surface area contributed by atoms with Crippen molar-refractivity contribution in [2.75, 3.05) is 0 Å². The Morgan fingerprint density at radius 2 is 1.76 bits per heavy atom. The van der Waals surface area contributed by atoms with E-state index < -0.39 is 0 Å². The fourth-order valence-electron chi connectivity index (χ4n) is 3.18. The summed E-state index contributed by atoms with van der Waals surface area (Å²) in [7, 11) is 0. The smallest absolute Gasteiger partial charge is 0.251 e. The SMILES string of the molecule is CCC(C)(C)C1CCC(NC(=O)c2ccc(I)cc2)CC1. The Morgan fingerprint density at radius 3 is 2.29 bits per heavy atom. The molecule has 0 bridgehead atoms. The molecule has 0 unspecified atom stereocenters. The highest BCUT2D eigenvalue weighted by Gasteiger charge is 2.32. The number of hydrogen-bond acceptors (Lipinski definition) is 1. The van der Waals surface area contributed by atoms with Crippen molar-refractivity contribution in [3.05, 3.63) is 33.4 Å². The lowest BCUT2D eigenvalue weighted by atomic mass is 9.69. The molecule has 1 N–H and O–H groups in total. The molecule has 0 spiro atoms. The largest absolute Gasteiger partial charge is 0.349 e. The minimum Gasteiger partial charge on any atom is -0.349 e. The second-order valence-corrected chi connectivity index (χ2v) is 8.12. The zero-order valence-corrected chi connectivity index (χ0v) is 15.4. The molecule has 1 aromatic rings. The Labute approximate surface area is 142 Å². The van der Waals surface area contributed by atoms with Gasteiger partial charge in [-0.2, -0.15) is 0 Å². The second kappa shape index (κ2) is 7.12. The zero-order chi connectivity index (χ0) is 15.5. The summed E-state index contributed by atoms with van der Waals surface area (Å²) >= 11 is 2.26. The molecule has 1 aliphatic rings. The fourth-order valence-corrected chi connectivity index (χ4v) is 3.54. The average molecular weight is 399 g/mol. The monoisotopic (exact) mass is 399 g/mol. The predicted molar refractivity (Wildman–Crippen MR) is 96.4 cm³/mol. The topological polar surface area (TPSA) is 29.1 Å². The minimum absolute atomic E-state index is 0.0737. The summed E-state index contributed by atoms with van der Waals surface area (Å²) in [5.41, 5.74) is 1.21. The molecule has 116 valence electrons. The number of carbonyl (C=O) groups excluding carboxylic acids is 1.